The molecule has 10 heteroatoms. The molecule has 3 aliphatic rings. The number of amidine groups is 1. The number of amides is 3. The van der Waals surface area contributed by atoms with Gasteiger partial charge < -0.3 is 20.3 Å². The number of aliphatic imine (C=N–C) groups is 1. The van der Waals surface area contributed by atoms with Gasteiger partial charge in [0.15, 0.2) is 11.9 Å². The molecular weight excluding hydrogens is 270 g/mol. The van der Waals surface area contributed by atoms with Gasteiger partial charge in [-0.25, -0.2) is 4.79 Å². The van der Waals surface area contributed by atoms with Gasteiger partial charge >= 0.3 is 6.03 Å². The third-order valence-corrected chi connectivity index (χ3v) is 3.39. The van der Waals surface area contributed by atoms with Gasteiger partial charge in [-0.1, -0.05) is 0 Å². The molecule has 0 spiro atoms. The number of rotatable bonds is 2. The third kappa shape index (κ3) is 1.85. The van der Waals surface area contributed by atoms with Crippen molar-refractivity contribution in [1.82, 2.24) is 15.5 Å². The van der Waals surface area contributed by atoms with E-state index in [0.29, 0.717) is 0 Å². The smallest absolute Gasteiger partial charge is 0.326 e. The van der Waals surface area contributed by atoms with Gasteiger partial charge in [-0.3, -0.25) is 20.4 Å². The molecule has 2 unspecified atom stereocenters. The van der Waals surface area contributed by atoms with Crippen LogP contribution >= 0.6 is 0 Å². The van der Waals surface area contributed by atoms with Crippen LogP contribution in [-0.4, -0.2) is 69.9 Å². The summed E-state index contributed by atoms with van der Waals surface area (Å²) in [5, 5.41) is 30.8. The molecule has 0 aromatic heterocycles. The van der Waals surface area contributed by atoms with Gasteiger partial charge in [0, 0.05) is 6.42 Å². The van der Waals surface area contributed by atoms with Crippen molar-refractivity contribution in [2.75, 3.05) is 6.61 Å². The van der Waals surface area contributed by atoms with Crippen LogP contribution < -0.4 is 10.6 Å². The van der Waals surface area contributed by atoms with E-state index in [-0.39, 0.29) is 24.8 Å². The molecule has 0 aromatic rings. The zero-order valence-electron chi connectivity index (χ0n) is 10.2. The molecule has 3 heterocycles. The minimum atomic E-state index is -0.967. The maximum atomic E-state index is 11.9. The summed E-state index contributed by atoms with van der Waals surface area (Å²) in [5.41, 5.74) is 0. The first-order valence-electron chi connectivity index (χ1n) is 6.03. The number of aliphatic hydroxyl groups excluding tert-OH is 2. The van der Waals surface area contributed by atoms with Gasteiger partial charge in [0.25, 0.3) is 5.91 Å². The number of carbonyl (C=O) groups excluding carboxylic acids is 2. The standard InChI is InChI=1S/C10H13N5O5/c11-9-13-7-6(8(18)14-9)12-10(19)15(7)5-1-3(17)4(2-16)20-5/h3-6,16-17H,1-2H2,(H,12,19)(H2,11,14,18)/t3?,4-,5-,6?/m1/s1. The first-order valence-corrected chi connectivity index (χ1v) is 6.03. The highest BCUT2D eigenvalue weighted by Gasteiger charge is 2.49. The number of ether oxygens (including phenoxy) is 1. The third-order valence-electron chi connectivity index (χ3n) is 3.39. The van der Waals surface area contributed by atoms with Gasteiger partial charge in [0.05, 0.1) is 12.7 Å². The molecule has 2 fully saturated rings. The Morgan fingerprint density at radius 1 is 1.50 bits per heavy atom. The van der Waals surface area contributed by atoms with Crippen LogP contribution in [0.5, 0.6) is 0 Å². The van der Waals surface area contributed by atoms with Crippen molar-refractivity contribution < 1.29 is 24.5 Å². The maximum Gasteiger partial charge on any atom is 0.326 e. The second kappa shape index (κ2) is 4.51. The lowest BCUT2D eigenvalue weighted by Crippen LogP contribution is -2.52. The molecule has 3 aliphatic heterocycles. The van der Waals surface area contributed by atoms with Gasteiger partial charge in [-0.05, 0) is 0 Å². The summed E-state index contributed by atoms with van der Waals surface area (Å²) in [7, 11) is 0. The summed E-state index contributed by atoms with van der Waals surface area (Å²) in [5.74, 6) is -0.840. The average Bonchev–Trinajstić information content (AvgIpc) is 2.89. The number of nitrogens with one attached hydrogen (secondary N) is 3. The normalized spacial score (nSPS) is 36.6. The molecule has 2 saturated heterocycles. The number of nitrogens with zero attached hydrogens (tertiary/aromatic N) is 2. The number of hydrogen-bond acceptors (Lipinski definition) is 6. The second-order valence-corrected chi connectivity index (χ2v) is 4.68. The minimum absolute atomic E-state index is 0.0690. The van der Waals surface area contributed by atoms with Gasteiger partial charge in [-0.15, -0.1) is 0 Å². The molecular formula is C10H13N5O5. The maximum absolute atomic E-state index is 11.9. The van der Waals surface area contributed by atoms with Gasteiger partial charge in [0.1, 0.15) is 12.3 Å². The molecule has 0 aromatic carbocycles. The zero-order chi connectivity index (χ0) is 14.4. The van der Waals surface area contributed by atoms with Crippen LogP contribution in [0.1, 0.15) is 6.42 Å². The van der Waals surface area contributed by atoms with E-state index in [1.165, 1.54) is 0 Å². The first-order chi connectivity index (χ1) is 9.51. The number of urea groups is 1. The predicted octanol–water partition coefficient (Wildman–Crippen LogP) is -2.69. The van der Waals surface area contributed by atoms with Crippen LogP contribution in [0.4, 0.5) is 4.79 Å². The SMILES string of the molecule is N=C1N=C2C(NC(=O)N2[C@H]2CC(O)[C@@H](CO)O2)C(=O)N1. The van der Waals surface area contributed by atoms with Crippen LogP contribution in [0.25, 0.3) is 0 Å². The van der Waals surface area contributed by atoms with Crippen LogP contribution in [0.3, 0.4) is 0 Å². The first kappa shape index (κ1) is 13.0. The van der Waals surface area contributed by atoms with Gasteiger partial charge in [0.2, 0.25) is 5.96 Å². The van der Waals surface area contributed by atoms with Crippen LogP contribution in [0, 0.1) is 5.41 Å². The number of fused-ring (bicyclic) bond motifs is 1. The Morgan fingerprint density at radius 2 is 2.25 bits per heavy atom. The average molecular weight is 283 g/mol. The Balaban J connectivity index is 1.88. The summed E-state index contributed by atoms with van der Waals surface area (Å²) < 4.78 is 5.38. The van der Waals surface area contributed by atoms with Gasteiger partial charge in [-0.2, -0.15) is 4.99 Å². The van der Waals surface area contributed by atoms with Crippen molar-refractivity contribution in [2.24, 2.45) is 4.99 Å². The van der Waals surface area contributed by atoms with E-state index in [1.54, 1.807) is 0 Å². The van der Waals surface area contributed by atoms with Crippen molar-refractivity contribution >= 4 is 23.7 Å². The highest BCUT2D eigenvalue weighted by Crippen LogP contribution is 2.27. The summed E-state index contributed by atoms with van der Waals surface area (Å²) in [4.78, 5) is 28.6. The highest BCUT2D eigenvalue weighted by molar-refractivity contribution is 6.25. The fraction of sp³-hybridized carbons (Fsp3) is 0.600. The second-order valence-electron chi connectivity index (χ2n) is 4.68. The van der Waals surface area contributed by atoms with Crippen molar-refractivity contribution in [3.8, 4) is 0 Å². The molecule has 0 bridgehead atoms. The summed E-state index contributed by atoms with van der Waals surface area (Å²) in [6.07, 6.45) is -2.43. The minimum Gasteiger partial charge on any atom is -0.394 e. The molecule has 4 atom stereocenters. The van der Waals surface area contributed by atoms with E-state index < -0.39 is 36.4 Å². The molecule has 3 rings (SSSR count). The van der Waals surface area contributed by atoms with Crippen molar-refractivity contribution in [2.45, 2.75) is 30.9 Å². The van der Waals surface area contributed by atoms with Crippen LogP contribution in [0.2, 0.25) is 0 Å². The van der Waals surface area contributed by atoms with Crippen molar-refractivity contribution in [3.63, 3.8) is 0 Å². The Hall–Kier alpha value is -2.04. The number of guanidine groups is 1. The lowest BCUT2D eigenvalue weighted by molar-refractivity contribution is -0.120. The Labute approximate surface area is 112 Å². The summed E-state index contributed by atoms with van der Waals surface area (Å²) in [6, 6.07) is -1.56. The van der Waals surface area contributed by atoms with E-state index in [1.807, 2.05) is 0 Å². The van der Waals surface area contributed by atoms with E-state index in [2.05, 4.69) is 15.6 Å². The number of carbonyl (C=O) groups is 2. The predicted molar refractivity (Wildman–Crippen MR) is 63.8 cm³/mol. The highest BCUT2D eigenvalue weighted by atomic mass is 16.5. The fourth-order valence-corrected chi connectivity index (χ4v) is 2.45. The van der Waals surface area contributed by atoms with E-state index in [0.717, 1.165) is 4.90 Å². The molecule has 3 amide bonds. The Morgan fingerprint density at radius 3 is 2.90 bits per heavy atom. The van der Waals surface area contributed by atoms with Crippen molar-refractivity contribution in [3.05, 3.63) is 0 Å². The lowest BCUT2D eigenvalue weighted by Gasteiger charge is -2.25. The largest absolute Gasteiger partial charge is 0.394 e. The van der Waals surface area contributed by atoms with Crippen LogP contribution in [-0.2, 0) is 9.53 Å². The molecule has 5 N–H and O–H groups in total. The fourth-order valence-electron chi connectivity index (χ4n) is 2.45. The molecule has 10 nitrogen and oxygen atoms in total. The number of aliphatic hydroxyl groups is 2. The topological polar surface area (TPSA) is 147 Å². The molecule has 20 heavy (non-hydrogen) atoms. The van der Waals surface area contributed by atoms with E-state index in [4.69, 9.17) is 15.3 Å². The van der Waals surface area contributed by atoms with E-state index >= 15 is 0 Å². The van der Waals surface area contributed by atoms with E-state index in [9.17, 15) is 14.7 Å². The molecule has 108 valence electrons. The Bertz CT molecular complexity index is 520. The lowest BCUT2D eigenvalue weighted by atomic mass is 10.2. The number of hydrogen-bond donors (Lipinski definition) is 5. The summed E-state index contributed by atoms with van der Waals surface area (Å²) in [6.45, 7) is -0.376. The van der Waals surface area contributed by atoms with Crippen LogP contribution in [0.15, 0.2) is 4.99 Å². The molecule has 0 saturated carbocycles. The van der Waals surface area contributed by atoms with Crippen molar-refractivity contribution in [1.29, 1.82) is 5.41 Å². The zero-order valence-corrected chi connectivity index (χ0v) is 10.2. The molecule has 0 aliphatic carbocycles. The quantitative estimate of drug-likeness (QED) is 0.374. The monoisotopic (exact) mass is 283 g/mol. The summed E-state index contributed by atoms with van der Waals surface area (Å²) >= 11 is 0. The Kier molecular flexibility index (Phi) is 2.92. The molecule has 0 radical (unpaired) electrons.